The summed E-state index contributed by atoms with van der Waals surface area (Å²) >= 11 is 0. The Morgan fingerprint density at radius 1 is 1.09 bits per heavy atom. The number of carbonyl (C=O) groups is 1. The van der Waals surface area contributed by atoms with Crippen LogP contribution in [0.2, 0.25) is 0 Å². The highest BCUT2D eigenvalue weighted by Gasteiger charge is 2.37. The van der Waals surface area contributed by atoms with E-state index < -0.39 is 5.60 Å². The van der Waals surface area contributed by atoms with E-state index in [1.54, 1.807) is 15.8 Å². The lowest BCUT2D eigenvalue weighted by atomic mass is 9.75. The van der Waals surface area contributed by atoms with Gasteiger partial charge in [0.1, 0.15) is 11.7 Å². The molecule has 3 heterocycles. The molecule has 1 N–H and O–H groups in total. The topological polar surface area (TPSA) is 93.2 Å². The molecule has 2 aromatic heterocycles. The molecular formula is C34H44FN5O3. The van der Waals surface area contributed by atoms with Crippen LogP contribution in [0.25, 0.3) is 16.7 Å². The standard InChI is InChI=1S/C34H44FN5O3/c1-2-25-5-3-4-6-26(25)10-7-24-8-15-29(16-9-24)40-31-30(21-37-40)33(42)39(23-36-31)22-34(43)17-19-38(20-18-34)32(41)27-11-13-28(35)14-12-27/h8-9,13,15-16,21,23,25-27,43H,2-7,10-12,14,17-20,22H2,1H3. The molecule has 3 atom stereocenters. The van der Waals surface area contributed by atoms with Gasteiger partial charge in [-0.05, 0) is 74.5 Å². The number of piperidine rings is 1. The number of nitrogens with zero attached hydrogens (tertiary/aromatic N) is 5. The molecule has 1 aliphatic heterocycles. The second-order valence-corrected chi connectivity index (χ2v) is 13.1. The summed E-state index contributed by atoms with van der Waals surface area (Å²) in [4.78, 5) is 32.6. The Balaban J connectivity index is 1.09. The first-order chi connectivity index (χ1) is 20.8. The van der Waals surface area contributed by atoms with Gasteiger partial charge in [0.05, 0.1) is 29.9 Å². The van der Waals surface area contributed by atoms with Crippen molar-refractivity contribution in [1.29, 1.82) is 0 Å². The van der Waals surface area contributed by atoms with Gasteiger partial charge in [-0.2, -0.15) is 5.10 Å². The van der Waals surface area contributed by atoms with Crippen molar-refractivity contribution in [3.8, 4) is 5.69 Å². The normalized spacial score (nSPS) is 24.2. The summed E-state index contributed by atoms with van der Waals surface area (Å²) in [6, 6.07) is 8.41. The second-order valence-electron chi connectivity index (χ2n) is 13.1. The number of fused-ring (bicyclic) bond motifs is 1. The highest BCUT2D eigenvalue weighted by Crippen LogP contribution is 2.35. The largest absolute Gasteiger partial charge is 0.388 e. The number of halogens is 1. The lowest BCUT2D eigenvalue weighted by Gasteiger charge is -2.39. The molecule has 2 fully saturated rings. The third-order valence-corrected chi connectivity index (χ3v) is 10.3. The number of aryl methyl sites for hydroxylation is 1. The van der Waals surface area contributed by atoms with Crippen LogP contribution >= 0.6 is 0 Å². The Bertz CT molecular complexity index is 1520. The number of aromatic nitrogens is 4. The Kier molecular flexibility index (Phi) is 8.80. The number of hydrogen-bond acceptors (Lipinski definition) is 5. The van der Waals surface area contributed by atoms with Gasteiger partial charge < -0.3 is 10.0 Å². The van der Waals surface area contributed by atoms with Crippen molar-refractivity contribution in [3.63, 3.8) is 0 Å². The number of likely N-dealkylation sites (tertiary alicyclic amines) is 1. The Morgan fingerprint density at radius 3 is 2.53 bits per heavy atom. The van der Waals surface area contributed by atoms with Crippen LogP contribution in [0.1, 0.15) is 83.1 Å². The van der Waals surface area contributed by atoms with E-state index in [4.69, 9.17) is 0 Å². The van der Waals surface area contributed by atoms with E-state index in [-0.39, 0.29) is 29.8 Å². The van der Waals surface area contributed by atoms with Gasteiger partial charge in [0.25, 0.3) is 5.56 Å². The summed E-state index contributed by atoms with van der Waals surface area (Å²) in [6.07, 6.45) is 15.6. The smallest absolute Gasteiger partial charge is 0.264 e. The number of rotatable bonds is 8. The number of amides is 1. The van der Waals surface area contributed by atoms with Crippen molar-refractivity contribution in [3.05, 3.63) is 64.6 Å². The summed E-state index contributed by atoms with van der Waals surface area (Å²) in [5, 5.41) is 16.2. The van der Waals surface area contributed by atoms with Crippen LogP contribution in [-0.4, -0.2) is 53.9 Å². The van der Waals surface area contributed by atoms with E-state index in [2.05, 4.69) is 29.1 Å². The summed E-state index contributed by atoms with van der Waals surface area (Å²) in [7, 11) is 0. The molecule has 1 saturated carbocycles. The molecule has 3 aromatic rings. The maximum atomic E-state index is 13.4. The monoisotopic (exact) mass is 589 g/mol. The summed E-state index contributed by atoms with van der Waals surface area (Å²) < 4.78 is 16.5. The van der Waals surface area contributed by atoms with Crippen LogP contribution < -0.4 is 5.56 Å². The number of hydrogen-bond donors (Lipinski definition) is 1. The lowest BCUT2D eigenvalue weighted by Crippen LogP contribution is -2.51. The van der Waals surface area contributed by atoms with Crippen molar-refractivity contribution in [2.75, 3.05) is 13.1 Å². The Labute approximate surface area is 252 Å². The first-order valence-corrected chi connectivity index (χ1v) is 16.2. The first kappa shape index (κ1) is 29.7. The van der Waals surface area contributed by atoms with Gasteiger partial charge in [0.15, 0.2) is 5.65 Å². The molecule has 1 aromatic carbocycles. The van der Waals surface area contributed by atoms with Gasteiger partial charge in [0.2, 0.25) is 5.91 Å². The number of aliphatic hydroxyl groups is 1. The highest BCUT2D eigenvalue weighted by molar-refractivity contribution is 5.79. The van der Waals surface area contributed by atoms with E-state index in [1.807, 2.05) is 12.1 Å². The minimum atomic E-state index is -1.12. The number of benzene rings is 1. The van der Waals surface area contributed by atoms with Gasteiger partial charge in [-0.15, -0.1) is 0 Å². The molecule has 6 rings (SSSR count). The lowest BCUT2D eigenvalue weighted by molar-refractivity contribution is -0.140. The predicted octanol–water partition coefficient (Wildman–Crippen LogP) is 5.74. The average molecular weight is 590 g/mol. The zero-order valence-corrected chi connectivity index (χ0v) is 25.3. The van der Waals surface area contributed by atoms with Gasteiger partial charge in [-0.1, -0.05) is 57.2 Å². The van der Waals surface area contributed by atoms with Crippen LogP contribution in [0.5, 0.6) is 0 Å². The fourth-order valence-electron chi connectivity index (χ4n) is 7.51. The molecule has 0 bridgehead atoms. The molecule has 0 spiro atoms. The zero-order chi connectivity index (χ0) is 30.0. The predicted molar refractivity (Wildman–Crippen MR) is 164 cm³/mol. The Hall–Kier alpha value is -3.33. The van der Waals surface area contributed by atoms with Crippen molar-refractivity contribution in [1.82, 2.24) is 24.2 Å². The maximum absolute atomic E-state index is 13.4. The van der Waals surface area contributed by atoms with Crippen molar-refractivity contribution in [2.45, 2.75) is 96.1 Å². The molecule has 43 heavy (non-hydrogen) atoms. The minimum Gasteiger partial charge on any atom is -0.388 e. The molecule has 8 nitrogen and oxygen atoms in total. The summed E-state index contributed by atoms with van der Waals surface area (Å²) in [5.41, 5.74) is 1.32. The van der Waals surface area contributed by atoms with Gasteiger partial charge in [-0.3, -0.25) is 14.2 Å². The molecule has 1 amide bonds. The van der Waals surface area contributed by atoms with Crippen molar-refractivity contribution >= 4 is 16.9 Å². The third kappa shape index (κ3) is 6.47. The van der Waals surface area contributed by atoms with Crippen LogP contribution in [0, 0.1) is 17.8 Å². The van der Waals surface area contributed by atoms with E-state index in [1.165, 1.54) is 61.1 Å². The quantitative estimate of drug-likeness (QED) is 0.362. The fraction of sp³-hybridized carbons (Fsp3) is 0.588. The third-order valence-electron chi connectivity index (χ3n) is 10.3. The Morgan fingerprint density at radius 2 is 1.84 bits per heavy atom. The number of carbonyl (C=O) groups excluding carboxylic acids is 1. The van der Waals surface area contributed by atoms with Gasteiger partial charge in [0, 0.05) is 19.0 Å². The molecule has 3 aliphatic rings. The van der Waals surface area contributed by atoms with E-state index >= 15 is 0 Å². The second kappa shape index (κ2) is 12.7. The van der Waals surface area contributed by atoms with Gasteiger partial charge in [-0.25, -0.2) is 14.1 Å². The zero-order valence-electron chi connectivity index (χ0n) is 25.3. The maximum Gasteiger partial charge on any atom is 0.264 e. The molecule has 2 aliphatic carbocycles. The molecule has 230 valence electrons. The summed E-state index contributed by atoms with van der Waals surface area (Å²) in [6.45, 7) is 3.26. The van der Waals surface area contributed by atoms with Crippen LogP contribution in [0.15, 0.2) is 53.5 Å². The van der Waals surface area contributed by atoms with E-state index in [0.717, 1.165) is 23.9 Å². The van der Waals surface area contributed by atoms with E-state index in [0.29, 0.717) is 56.2 Å². The number of allylic oxidation sites excluding steroid dienone is 2. The SMILES string of the molecule is CCC1CCCCC1CCc1ccc(-n2ncc3c(=O)n(CC4(O)CCN(C(=O)C5CC=C(F)CC5)CC4)cnc32)cc1. The van der Waals surface area contributed by atoms with Gasteiger partial charge >= 0.3 is 0 Å². The molecule has 3 unspecified atom stereocenters. The van der Waals surface area contributed by atoms with Crippen molar-refractivity contribution < 1.29 is 14.3 Å². The van der Waals surface area contributed by atoms with E-state index in [9.17, 15) is 19.1 Å². The summed E-state index contributed by atoms with van der Waals surface area (Å²) in [5.74, 6) is 1.40. The minimum absolute atomic E-state index is 0.0286. The molecular weight excluding hydrogens is 545 g/mol. The van der Waals surface area contributed by atoms with Crippen molar-refractivity contribution in [2.24, 2.45) is 17.8 Å². The van der Waals surface area contributed by atoms with Crippen LogP contribution in [0.3, 0.4) is 0 Å². The van der Waals surface area contributed by atoms with Crippen LogP contribution in [-0.2, 0) is 17.8 Å². The average Bonchev–Trinajstić information content (AvgIpc) is 3.47. The fourth-order valence-corrected chi connectivity index (χ4v) is 7.51. The molecule has 1 saturated heterocycles. The van der Waals surface area contributed by atoms with Crippen LogP contribution in [0.4, 0.5) is 4.39 Å². The molecule has 0 radical (unpaired) electrons. The highest BCUT2D eigenvalue weighted by atomic mass is 19.1. The first-order valence-electron chi connectivity index (χ1n) is 16.2. The molecule has 9 heteroatoms.